The number of rotatable bonds is 2. The topological polar surface area (TPSA) is 183 Å². The summed E-state index contributed by atoms with van der Waals surface area (Å²) >= 11 is 5.25. The van der Waals surface area contributed by atoms with Crippen molar-refractivity contribution in [2.45, 2.75) is 63.6 Å². The van der Waals surface area contributed by atoms with E-state index in [4.69, 9.17) is 4.52 Å². The maximum atomic E-state index is 11.9. The molecule has 3 aromatic heterocycles. The quantitative estimate of drug-likeness (QED) is 0.332. The van der Waals surface area contributed by atoms with E-state index < -0.39 is 17.2 Å². The van der Waals surface area contributed by atoms with Gasteiger partial charge in [-0.2, -0.15) is 11.8 Å². The average Bonchev–Trinajstić information content (AvgIpc) is 3.03. The molecule has 3 aliphatic rings. The lowest BCUT2D eigenvalue weighted by atomic mass is 10.3. The van der Waals surface area contributed by atoms with Gasteiger partial charge in [-0.25, -0.2) is 15.0 Å². The number of carbonyl (C=O) groups excluding carboxylic acids is 1. The predicted molar refractivity (Wildman–Crippen MR) is 180 cm³/mol. The van der Waals surface area contributed by atoms with E-state index in [0.717, 1.165) is 41.2 Å². The van der Waals surface area contributed by atoms with Crippen molar-refractivity contribution in [3.63, 3.8) is 0 Å². The second-order valence-corrected chi connectivity index (χ2v) is 14.4. The smallest absolute Gasteiger partial charge is 0.296 e. The Kier molecular flexibility index (Phi) is 11.7. The van der Waals surface area contributed by atoms with Crippen molar-refractivity contribution in [1.29, 1.82) is 0 Å². The van der Waals surface area contributed by atoms with Crippen LogP contribution < -0.4 is 26.5 Å². The van der Waals surface area contributed by atoms with Gasteiger partial charge in [0.05, 0.1) is 37.1 Å². The zero-order chi connectivity index (χ0) is 33.0. The predicted octanol–water partition coefficient (Wildman–Crippen LogP) is 2.15. The van der Waals surface area contributed by atoms with Gasteiger partial charge in [-0.1, -0.05) is 0 Å². The second kappa shape index (κ2) is 15.1. The minimum Gasteiger partial charge on any atom is -0.502 e. The molecule has 14 nitrogen and oxygen atoms in total. The molecule has 0 saturated carbocycles. The Bertz CT molecular complexity index is 1780. The van der Waals surface area contributed by atoms with Crippen LogP contribution in [-0.2, 0) is 25.4 Å². The van der Waals surface area contributed by atoms with Crippen LogP contribution in [0, 0.1) is 13.8 Å². The fourth-order valence-electron chi connectivity index (χ4n) is 4.85. The van der Waals surface area contributed by atoms with Crippen LogP contribution >= 0.6 is 44.8 Å². The Balaban J connectivity index is 0.000000155. The van der Waals surface area contributed by atoms with E-state index in [0.29, 0.717) is 36.1 Å². The van der Waals surface area contributed by atoms with Crippen molar-refractivity contribution in [1.82, 2.24) is 34.0 Å². The van der Waals surface area contributed by atoms with Crippen LogP contribution in [0.3, 0.4) is 0 Å². The lowest BCUT2D eigenvalue weighted by Gasteiger charge is -2.23. The van der Waals surface area contributed by atoms with Crippen molar-refractivity contribution in [3.8, 4) is 17.2 Å². The summed E-state index contributed by atoms with van der Waals surface area (Å²) in [5.74, 6) is 4.66. The van der Waals surface area contributed by atoms with Crippen LogP contribution in [0.5, 0.6) is 17.2 Å². The molecular weight excluding hydrogens is 662 g/mol. The Labute approximate surface area is 274 Å². The Morgan fingerprint density at radius 2 is 1.40 bits per heavy atom. The molecular formula is C27H36N7O7PS3. The van der Waals surface area contributed by atoms with Crippen LogP contribution in [0.1, 0.15) is 63.7 Å². The van der Waals surface area contributed by atoms with E-state index in [1.54, 1.807) is 58.3 Å². The van der Waals surface area contributed by atoms with Crippen molar-refractivity contribution >= 4 is 50.7 Å². The van der Waals surface area contributed by atoms with E-state index in [-0.39, 0.29) is 33.1 Å². The molecule has 0 spiro atoms. The van der Waals surface area contributed by atoms with Crippen molar-refractivity contribution in [2.75, 3.05) is 24.3 Å². The molecule has 0 saturated heterocycles. The maximum absolute atomic E-state index is 11.9. The molecule has 3 unspecified atom stereocenters. The molecule has 0 aliphatic carbocycles. The number of thioether (sulfide) groups is 3. The summed E-state index contributed by atoms with van der Waals surface area (Å²) in [5.41, 5.74) is -0.0179. The highest BCUT2D eigenvalue weighted by Crippen LogP contribution is 2.32. The van der Waals surface area contributed by atoms with E-state index in [9.17, 15) is 29.4 Å². The SMILES string of the molecule is CNC(=O)c1nc2n(c(=O)c1O)CCSC2C.Cc1nc2n(c(=O)c1O)CCSC2C.Cc1nc2n(c(=O)c1OP)CCSC2. The van der Waals surface area contributed by atoms with Gasteiger partial charge in [-0.15, -0.1) is 23.5 Å². The van der Waals surface area contributed by atoms with Gasteiger partial charge in [-0.05, 0) is 27.7 Å². The molecule has 3 aromatic rings. The van der Waals surface area contributed by atoms with Crippen molar-refractivity contribution in [3.05, 3.63) is 65.6 Å². The zero-order valence-corrected chi connectivity index (χ0v) is 29.1. The Hall–Kier alpha value is -3.01. The van der Waals surface area contributed by atoms with E-state index in [1.807, 2.05) is 13.8 Å². The monoisotopic (exact) mass is 697 g/mol. The molecule has 0 bridgehead atoms. The number of amides is 1. The largest absolute Gasteiger partial charge is 0.502 e. The Morgan fingerprint density at radius 1 is 0.844 bits per heavy atom. The highest BCUT2D eigenvalue weighted by Gasteiger charge is 2.26. The highest BCUT2D eigenvalue weighted by molar-refractivity contribution is 7.99. The van der Waals surface area contributed by atoms with Crippen LogP contribution in [-0.4, -0.2) is 69.1 Å². The number of aromatic hydroxyl groups is 2. The first-order chi connectivity index (χ1) is 21.4. The number of nitrogens with zero attached hydrogens (tertiary/aromatic N) is 6. The van der Waals surface area contributed by atoms with Gasteiger partial charge in [0.2, 0.25) is 17.2 Å². The lowest BCUT2D eigenvalue weighted by Crippen LogP contribution is -2.33. The van der Waals surface area contributed by atoms with Gasteiger partial charge in [0.15, 0.2) is 5.69 Å². The van der Waals surface area contributed by atoms with Gasteiger partial charge < -0.3 is 20.1 Å². The molecule has 0 aromatic carbocycles. The van der Waals surface area contributed by atoms with Crippen LogP contribution in [0.4, 0.5) is 0 Å². The van der Waals surface area contributed by atoms with Gasteiger partial charge in [0.25, 0.3) is 22.6 Å². The van der Waals surface area contributed by atoms with Crippen LogP contribution in [0.25, 0.3) is 0 Å². The normalized spacial score (nSPS) is 18.1. The van der Waals surface area contributed by atoms with Crippen molar-refractivity contribution in [2.24, 2.45) is 0 Å². The fourth-order valence-corrected chi connectivity index (χ4v) is 7.92. The zero-order valence-electron chi connectivity index (χ0n) is 25.5. The summed E-state index contributed by atoms with van der Waals surface area (Å²) in [4.78, 5) is 59.6. The molecule has 0 fully saturated rings. The first kappa shape index (κ1) is 34.9. The molecule has 0 radical (unpaired) electrons. The summed E-state index contributed by atoms with van der Waals surface area (Å²) in [6, 6.07) is 0. The van der Waals surface area contributed by atoms with Crippen molar-refractivity contribution < 1.29 is 19.5 Å². The van der Waals surface area contributed by atoms with E-state index in [1.165, 1.54) is 11.6 Å². The molecule has 244 valence electrons. The van der Waals surface area contributed by atoms with E-state index in [2.05, 4.69) is 29.7 Å². The number of carbonyl (C=O) groups is 1. The van der Waals surface area contributed by atoms with Gasteiger partial charge in [0, 0.05) is 43.9 Å². The number of fused-ring (bicyclic) bond motifs is 3. The maximum Gasteiger partial charge on any atom is 0.296 e. The highest BCUT2D eigenvalue weighted by atomic mass is 32.2. The lowest BCUT2D eigenvalue weighted by molar-refractivity contribution is 0.0954. The van der Waals surface area contributed by atoms with Crippen LogP contribution in [0.15, 0.2) is 14.4 Å². The number of hydrogen-bond acceptors (Lipinski definition) is 13. The number of aryl methyl sites for hydroxylation is 2. The average molecular weight is 698 g/mol. The third-order valence-electron chi connectivity index (χ3n) is 7.24. The summed E-state index contributed by atoms with van der Waals surface area (Å²) in [7, 11) is 3.53. The van der Waals surface area contributed by atoms with Gasteiger partial charge in [0.1, 0.15) is 17.5 Å². The summed E-state index contributed by atoms with van der Waals surface area (Å²) in [6.07, 6.45) is 0. The fraction of sp³-hybridized carbons (Fsp3) is 0.519. The summed E-state index contributed by atoms with van der Waals surface area (Å²) < 4.78 is 9.66. The first-order valence-electron chi connectivity index (χ1n) is 14.0. The summed E-state index contributed by atoms with van der Waals surface area (Å²) in [6.45, 7) is 9.28. The Morgan fingerprint density at radius 3 is 1.98 bits per heavy atom. The second-order valence-electron chi connectivity index (χ2n) is 10.2. The molecule has 18 heteroatoms. The van der Waals surface area contributed by atoms with Gasteiger partial charge in [-0.3, -0.25) is 32.9 Å². The first-order valence-corrected chi connectivity index (χ1v) is 17.8. The van der Waals surface area contributed by atoms with Gasteiger partial charge >= 0.3 is 0 Å². The molecule has 3 atom stereocenters. The van der Waals surface area contributed by atoms with Crippen LogP contribution in [0.2, 0.25) is 0 Å². The minimum atomic E-state index is -0.577. The number of nitrogens with one attached hydrogen (secondary N) is 1. The standard InChI is InChI=1S/C10H13N3O3S.C9H12N2O2S.C8H11N2O2PS/c1-5-8-12-6(9(15)11-2)7(14)10(16)13(8)3-4-17-5;1-5-7(12)9(13)11-3-4-14-6(2)8(11)10-5;1-5-7(12-13)8(11)10-2-3-14-4-6(10)9-5/h5,14H,3-4H2,1-2H3,(H,11,15);6,12H,3-4H2,1-2H3;2-4,13H2,1H3. The van der Waals surface area contributed by atoms with E-state index >= 15 is 0 Å². The minimum absolute atomic E-state index is 0.0421. The molecule has 45 heavy (non-hydrogen) atoms. The number of hydrogen-bond donors (Lipinski definition) is 3. The summed E-state index contributed by atoms with van der Waals surface area (Å²) in [5, 5.41) is 21.8. The number of aromatic nitrogens is 6. The molecule has 1 amide bonds. The molecule has 3 N–H and O–H groups in total. The third kappa shape index (κ3) is 7.36. The molecule has 3 aliphatic heterocycles. The molecule has 6 rings (SSSR count). The molecule has 6 heterocycles. The third-order valence-corrected chi connectivity index (χ3v) is 10.7.